The van der Waals surface area contributed by atoms with Crippen LogP contribution in [0.15, 0.2) is 0 Å². The minimum atomic E-state index is 0.126. The van der Waals surface area contributed by atoms with Crippen molar-refractivity contribution in [2.75, 3.05) is 6.61 Å². The highest BCUT2D eigenvalue weighted by Crippen LogP contribution is 2.22. The Morgan fingerprint density at radius 1 is 0.268 bits per heavy atom. The monoisotopic (exact) mass is 789 g/mol. The standard InChI is InChI=1S/C54H108O2/c1-4-7-10-13-16-19-22-25-27-29-30-32-34-36-39-42-45-48-51-53(54(55)56-52-49-46-43-40-37-24-21-18-15-12-9-6-3)50-47-44-41-38-35-33-31-28-26-23-20-17-14-11-8-5-2/h53H,4-52H2,1-3H3. The second-order valence-corrected chi connectivity index (χ2v) is 18.6. The molecule has 0 aliphatic carbocycles. The quantitative estimate of drug-likeness (QED) is 0.0453. The van der Waals surface area contributed by atoms with E-state index < -0.39 is 0 Å². The first-order chi connectivity index (χ1) is 27.8. The third-order valence-electron chi connectivity index (χ3n) is 12.9. The van der Waals surface area contributed by atoms with Crippen molar-refractivity contribution in [2.45, 2.75) is 329 Å². The molecule has 0 amide bonds. The Hall–Kier alpha value is -0.530. The Labute approximate surface area is 355 Å². The summed E-state index contributed by atoms with van der Waals surface area (Å²) in [7, 11) is 0. The van der Waals surface area contributed by atoms with Gasteiger partial charge in [-0.1, -0.05) is 310 Å². The van der Waals surface area contributed by atoms with E-state index in [1.54, 1.807) is 0 Å². The summed E-state index contributed by atoms with van der Waals surface area (Å²) in [4.78, 5) is 13.2. The molecule has 2 nitrogen and oxygen atoms in total. The summed E-state index contributed by atoms with van der Waals surface area (Å²) in [6, 6.07) is 0. The molecule has 0 fully saturated rings. The highest BCUT2D eigenvalue weighted by Gasteiger charge is 2.19. The van der Waals surface area contributed by atoms with E-state index in [2.05, 4.69) is 20.8 Å². The molecule has 1 atom stereocenters. The molecular weight excluding hydrogens is 681 g/mol. The average molecular weight is 789 g/mol. The molecule has 0 N–H and O–H groups in total. The van der Waals surface area contributed by atoms with Crippen molar-refractivity contribution in [3.05, 3.63) is 0 Å². The molecule has 0 saturated heterocycles. The molecule has 0 spiro atoms. The molecule has 0 saturated carbocycles. The molecule has 0 aromatic heterocycles. The van der Waals surface area contributed by atoms with Crippen LogP contribution in [0.5, 0.6) is 0 Å². The summed E-state index contributed by atoms with van der Waals surface area (Å²) in [5, 5.41) is 0. The Morgan fingerprint density at radius 3 is 0.661 bits per heavy atom. The van der Waals surface area contributed by atoms with Gasteiger partial charge in [-0.15, -0.1) is 0 Å². The summed E-state index contributed by atoms with van der Waals surface area (Å²) in [6.45, 7) is 7.55. The highest BCUT2D eigenvalue weighted by molar-refractivity contribution is 5.72. The number of unbranched alkanes of at least 4 members (excludes halogenated alkanes) is 43. The first-order valence-corrected chi connectivity index (χ1v) is 26.9. The van der Waals surface area contributed by atoms with Crippen LogP contribution < -0.4 is 0 Å². The molecule has 0 heterocycles. The minimum Gasteiger partial charge on any atom is -0.465 e. The van der Waals surface area contributed by atoms with Crippen LogP contribution in [-0.2, 0) is 9.53 Å². The second kappa shape index (κ2) is 50.6. The van der Waals surface area contributed by atoms with Crippen molar-refractivity contribution in [3.63, 3.8) is 0 Å². The SMILES string of the molecule is CCCCCCCCCCCCCCCCCCCCC(CCCCCCCCCCCCCCCCCC)C(=O)OCCCCCCCCCCCCCC. The number of hydrogen-bond acceptors (Lipinski definition) is 2. The van der Waals surface area contributed by atoms with E-state index in [0.717, 1.165) is 19.3 Å². The Morgan fingerprint density at radius 2 is 0.446 bits per heavy atom. The van der Waals surface area contributed by atoms with Gasteiger partial charge in [-0.2, -0.15) is 0 Å². The number of hydrogen-bond donors (Lipinski definition) is 0. The van der Waals surface area contributed by atoms with Crippen LogP contribution in [0, 0.1) is 5.92 Å². The zero-order valence-electron chi connectivity index (χ0n) is 39.5. The van der Waals surface area contributed by atoms with Crippen molar-refractivity contribution in [1.82, 2.24) is 0 Å². The van der Waals surface area contributed by atoms with Crippen LogP contribution in [0.1, 0.15) is 329 Å². The number of esters is 1. The van der Waals surface area contributed by atoms with Gasteiger partial charge in [0.2, 0.25) is 0 Å². The summed E-state index contributed by atoms with van der Waals surface area (Å²) in [6.07, 6.45) is 66.0. The number of carbonyl (C=O) groups is 1. The van der Waals surface area contributed by atoms with Gasteiger partial charge < -0.3 is 4.74 Å². The van der Waals surface area contributed by atoms with Crippen molar-refractivity contribution >= 4 is 5.97 Å². The summed E-state index contributed by atoms with van der Waals surface area (Å²) in [5.41, 5.74) is 0. The maximum Gasteiger partial charge on any atom is 0.308 e. The number of ether oxygens (including phenoxy) is 1. The average Bonchev–Trinajstić information content (AvgIpc) is 3.21. The van der Waals surface area contributed by atoms with E-state index in [0.29, 0.717) is 6.61 Å². The van der Waals surface area contributed by atoms with E-state index in [1.807, 2.05) is 0 Å². The Bertz CT molecular complexity index is 703. The predicted molar refractivity (Wildman–Crippen MR) is 253 cm³/mol. The second-order valence-electron chi connectivity index (χ2n) is 18.6. The van der Waals surface area contributed by atoms with Crippen LogP contribution in [0.3, 0.4) is 0 Å². The van der Waals surface area contributed by atoms with Gasteiger partial charge >= 0.3 is 5.97 Å². The lowest BCUT2D eigenvalue weighted by atomic mass is 9.94. The summed E-state index contributed by atoms with van der Waals surface area (Å²) in [5.74, 6) is 0.265. The fraction of sp³-hybridized carbons (Fsp3) is 0.981. The Kier molecular flexibility index (Phi) is 50.1. The zero-order valence-corrected chi connectivity index (χ0v) is 39.5. The molecule has 2 heteroatoms. The van der Waals surface area contributed by atoms with Gasteiger partial charge in [0.05, 0.1) is 12.5 Å². The van der Waals surface area contributed by atoms with Gasteiger partial charge in [0.1, 0.15) is 0 Å². The van der Waals surface area contributed by atoms with E-state index >= 15 is 0 Å². The van der Waals surface area contributed by atoms with Gasteiger partial charge in [-0.05, 0) is 19.3 Å². The first-order valence-electron chi connectivity index (χ1n) is 26.9. The predicted octanol–water partition coefficient (Wildman–Crippen LogP) is 19.9. The number of carbonyl (C=O) groups excluding carboxylic acids is 1. The molecule has 0 aromatic rings. The molecular formula is C54H108O2. The van der Waals surface area contributed by atoms with Crippen LogP contribution in [0.2, 0.25) is 0 Å². The van der Waals surface area contributed by atoms with Crippen LogP contribution >= 0.6 is 0 Å². The van der Waals surface area contributed by atoms with Gasteiger partial charge in [0.25, 0.3) is 0 Å². The lowest BCUT2D eigenvalue weighted by molar-refractivity contribution is -0.149. The third kappa shape index (κ3) is 46.2. The zero-order chi connectivity index (χ0) is 40.5. The molecule has 0 rings (SSSR count). The lowest BCUT2D eigenvalue weighted by Gasteiger charge is -2.16. The van der Waals surface area contributed by atoms with Crippen LogP contribution in [0.25, 0.3) is 0 Å². The normalized spacial score (nSPS) is 12.1. The van der Waals surface area contributed by atoms with Crippen molar-refractivity contribution in [3.8, 4) is 0 Å². The number of rotatable bonds is 50. The maximum absolute atomic E-state index is 13.2. The minimum absolute atomic E-state index is 0.126. The van der Waals surface area contributed by atoms with Crippen LogP contribution in [0.4, 0.5) is 0 Å². The molecule has 0 aromatic carbocycles. The Balaban J connectivity index is 4.06. The molecule has 56 heavy (non-hydrogen) atoms. The largest absolute Gasteiger partial charge is 0.465 e. The van der Waals surface area contributed by atoms with Gasteiger partial charge in [-0.3, -0.25) is 4.79 Å². The van der Waals surface area contributed by atoms with Gasteiger partial charge in [0, 0.05) is 0 Å². The molecule has 0 aliphatic heterocycles. The topological polar surface area (TPSA) is 26.3 Å². The smallest absolute Gasteiger partial charge is 0.308 e. The summed E-state index contributed by atoms with van der Waals surface area (Å²) < 4.78 is 5.92. The summed E-state index contributed by atoms with van der Waals surface area (Å²) >= 11 is 0. The third-order valence-corrected chi connectivity index (χ3v) is 12.9. The highest BCUT2D eigenvalue weighted by atomic mass is 16.5. The molecule has 1 unspecified atom stereocenters. The van der Waals surface area contributed by atoms with E-state index in [1.165, 1.54) is 289 Å². The van der Waals surface area contributed by atoms with Crippen molar-refractivity contribution < 1.29 is 9.53 Å². The lowest BCUT2D eigenvalue weighted by Crippen LogP contribution is -2.18. The van der Waals surface area contributed by atoms with Crippen molar-refractivity contribution in [2.24, 2.45) is 5.92 Å². The fourth-order valence-electron chi connectivity index (χ4n) is 8.84. The van der Waals surface area contributed by atoms with E-state index in [9.17, 15) is 4.79 Å². The molecule has 0 radical (unpaired) electrons. The fourth-order valence-corrected chi connectivity index (χ4v) is 8.84. The van der Waals surface area contributed by atoms with E-state index in [4.69, 9.17) is 4.74 Å². The molecule has 0 bridgehead atoms. The maximum atomic E-state index is 13.2. The van der Waals surface area contributed by atoms with E-state index in [-0.39, 0.29) is 11.9 Å². The molecule has 0 aliphatic rings. The first kappa shape index (κ1) is 55.5. The van der Waals surface area contributed by atoms with Gasteiger partial charge in [0.15, 0.2) is 0 Å². The molecule has 336 valence electrons. The van der Waals surface area contributed by atoms with Crippen molar-refractivity contribution in [1.29, 1.82) is 0 Å². The van der Waals surface area contributed by atoms with Gasteiger partial charge in [-0.25, -0.2) is 0 Å². The van der Waals surface area contributed by atoms with Crippen LogP contribution in [-0.4, -0.2) is 12.6 Å².